The number of benzene rings is 2. The van der Waals surface area contributed by atoms with E-state index in [9.17, 15) is 14.0 Å². The number of rotatable bonds is 6. The first-order valence-corrected chi connectivity index (χ1v) is 11.0. The molecule has 0 saturated carbocycles. The summed E-state index contributed by atoms with van der Waals surface area (Å²) in [4.78, 5) is 9.53. The van der Waals surface area contributed by atoms with Gasteiger partial charge in [-0.3, -0.25) is 4.55 Å². The number of nitrogens with zero attached hydrogens (tertiary/aromatic N) is 5. The summed E-state index contributed by atoms with van der Waals surface area (Å²) >= 11 is -2.16. The van der Waals surface area contributed by atoms with Crippen LogP contribution in [0.4, 0.5) is 5.69 Å². The van der Waals surface area contributed by atoms with Crippen LogP contribution < -0.4 is 4.90 Å². The van der Waals surface area contributed by atoms with Crippen molar-refractivity contribution in [3.63, 3.8) is 0 Å². The second-order valence-electron chi connectivity index (χ2n) is 7.55. The fourth-order valence-corrected chi connectivity index (χ4v) is 4.41. The van der Waals surface area contributed by atoms with E-state index < -0.39 is 11.3 Å². The fourth-order valence-electron chi connectivity index (χ4n) is 4.04. The van der Waals surface area contributed by atoms with Crippen molar-refractivity contribution >= 4 is 17.0 Å². The Morgan fingerprint density at radius 1 is 1.32 bits per heavy atom. The largest absolute Gasteiger partial charge is 0.364 e. The molecule has 0 fully saturated rings. The zero-order valence-corrected chi connectivity index (χ0v) is 18.0. The molecule has 8 nitrogen and oxygen atoms in total. The van der Waals surface area contributed by atoms with Gasteiger partial charge in [0, 0.05) is 38.1 Å². The van der Waals surface area contributed by atoms with E-state index in [-0.39, 0.29) is 6.04 Å². The maximum absolute atomic E-state index is 12.0. The minimum atomic E-state index is -2.16. The number of hydrogen-bond donors (Lipinski definition) is 2. The average molecular weight is 437 g/mol. The van der Waals surface area contributed by atoms with E-state index in [2.05, 4.69) is 33.1 Å². The lowest BCUT2D eigenvalue weighted by Crippen LogP contribution is -2.50. The summed E-state index contributed by atoms with van der Waals surface area (Å²) in [6, 6.07) is 17.9. The molecule has 1 aliphatic rings. The van der Waals surface area contributed by atoms with Crippen LogP contribution in [0.5, 0.6) is 0 Å². The standard InChI is InChI=1S/C22H24N6O2S/c1-26(31(29)30)28-13-19-9-18(11-23)7-8-22(19)27(14-20-12-24-16-25-20)15-21(28)10-17-5-3-2-4-6-17/h2-9,12,16,21H,10,13-15H2,1H3,(H,24,25)(H,29,30)/t21-/m1/s1. The highest BCUT2D eigenvalue weighted by molar-refractivity contribution is 7.76. The molecule has 9 heteroatoms. The van der Waals surface area contributed by atoms with Gasteiger partial charge in [-0.15, -0.1) is 4.41 Å². The Labute approximate surface area is 184 Å². The summed E-state index contributed by atoms with van der Waals surface area (Å²) in [6.07, 6.45) is 4.16. The first kappa shape index (κ1) is 21.2. The van der Waals surface area contributed by atoms with Crippen LogP contribution in [0.25, 0.3) is 0 Å². The van der Waals surface area contributed by atoms with Gasteiger partial charge in [0.25, 0.3) is 0 Å². The van der Waals surface area contributed by atoms with Crippen molar-refractivity contribution < 1.29 is 8.76 Å². The highest BCUT2D eigenvalue weighted by atomic mass is 32.2. The predicted octanol–water partition coefficient (Wildman–Crippen LogP) is 2.70. The van der Waals surface area contributed by atoms with E-state index >= 15 is 0 Å². The van der Waals surface area contributed by atoms with Crippen molar-refractivity contribution in [1.29, 1.82) is 5.26 Å². The van der Waals surface area contributed by atoms with Crippen molar-refractivity contribution in [2.45, 2.75) is 25.6 Å². The Balaban J connectivity index is 1.76. The van der Waals surface area contributed by atoms with Crippen molar-refractivity contribution in [2.75, 3.05) is 18.5 Å². The van der Waals surface area contributed by atoms with Crippen LogP contribution >= 0.6 is 0 Å². The van der Waals surface area contributed by atoms with Gasteiger partial charge in [0.15, 0.2) is 0 Å². The van der Waals surface area contributed by atoms with Gasteiger partial charge in [-0.2, -0.15) is 5.26 Å². The fraction of sp³-hybridized carbons (Fsp3) is 0.273. The third-order valence-electron chi connectivity index (χ3n) is 5.55. The molecule has 2 heterocycles. The predicted molar refractivity (Wildman–Crippen MR) is 119 cm³/mol. The van der Waals surface area contributed by atoms with Gasteiger partial charge >= 0.3 is 0 Å². The van der Waals surface area contributed by atoms with Crippen LogP contribution in [0.1, 0.15) is 22.4 Å². The Morgan fingerprint density at radius 3 is 2.81 bits per heavy atom. The van der Waals surface area contributed by atoms with Crippen LogP contribution in [0, 0.1) is 11.3 Å². The number of aromatic amines is 1. The number of H-pyrrole nitrogens is 1. The Kier molecular flexibility index (Phi) is 6.44. The van der Waals surface area contributed by atoms with Crippen molar-refractivity contribution in [3.8, 4) is 6.07 Å². The molecule has 0 spiro atoms. The van der Waals surface area contributed by atoms with Gasteiger partial charge in [-0.05, 0) is 35.7 Å². The molecule has 0 radical (unpaired) electrons. The van der Waals surface area contributed by atoms with Gasteiger partial charge in [0.1, 0.15) is 0 Å². The van der Waals surface area contributed by atoms with E-state index in [1.807, 2.05) is 41.4 Å². The van der Waals surface area contributed by atoms with Crippen LogP contribution in [-0.4, -0.2) is 47.8 Å². The summed E-state index contributed by atoms with van der Waals surface area (Å²) in [7, 11) is 1.62. The molecule has 4 rings (SSSR count). The van der Waals surface area contributed by atoms with Crippen LogP contribution in [0.15, 0.2) is 61.1 Å². The number of anilines is 1. The molecule has 1 unspecified atom stereocenters. The number of nitrogens with one attached hydrogen (secondary N) is 1. The van der Waals surface area contributed by atoms with E-state index in [0.717, 1.165) is 22.5 Å². The minimum absolute atomic E-state index is 0.0654. The first-order valence-electron chi connectivity index (χ1n) is 9.95. The Morgan fingerprint density at radius 2 is 2.13 bits per heavy atom. The molecule has 0 bridgehead atoms. The van der Waals surface area contributed by atoms with Gasteiger partial charge in [0.05, 0.1) is 30.2 Å². The highest BCUT2D eigenvalue weighted by Crippen LogP contribution is 2.31. The van der Waals surface area contributed by atoms with Crippen LogP contribution in [0.3, 0.4) is 0 Å². The summed E-state index contributed by atoms with van der Waals surface area (Å²) in [6.45, 7) is 1.67. The third kappa shape index (κ3) is 4.84. The first-order chi connectivity index (χ1) is 15.0. The number of nitriles is 1. The number of hydrogen-bond acceptors (Lipinski definition) is 5. The number of aromatic nitrogens is 2. The lowest BCUT2D eigenvalue weighted by molar-refractivity contribution is 0.0277. The normalized spacial score (nSPS) is 17.7. The molecule has 1 aromatic heterocycles. The Bertz CT molecular complexity index is 1080. The third-order valence-corrected chi connectivity index (χ3v) is 6.21. The molecule has 1 aliphatic heterocycles. The highest BCUT2D eigenvalue weighted by Gasteiger charge is 2.32. The lowest BCUT2D eigenvalue weighted by Gasteiger charge is -2.36. The second kappa shape index (κ2) is 9.41. The molecule has 0 amide bonds. The zero-order valence-electron chi connectivity index (χ0n) is 17.2. The molecule has 31 heavy (non-hydrogen) atoms. The number of hydrazine groups is 1. The topological polar surface area (TPSA) is 99.5 Å². The smallest absolute Gasteiger partial charge is 0.248 e. The molecule has 2 atom stereocenters. The number of fused-ring (bicyclic) bond motifs is 1. The zero-order chi connectivity index (χ0) is 21.8. The minimum Gasteiger partial charge on any atom is -0.364 e. The molecule has 2 aromatic carbocycles. The molecular formula is C22H24N6O2S. The van der Waals surface area contributed by atoms with Gasteiger partial charge in [-0.1, -0.05) is 30.3 Å². The van der Waals surface area contributed by atoms with Crippen molar-refractivity contribution in [3.05, 3.63) is 83.4 Å². The summed E-state index contributed by atoms with van der Waals surface area (Å²) in [5, 5.41) is 11.3. The van der Waals surface area contributed by atoms with Gasteiger partial charge in [-0.25, -0.2) is 14.2 Å². The summed E-state index contributed by atoms with van der Waals surface area (Å²) in [5.74, 6) is 0. The quantitative estimate of drug-likeness (QED) is 0.577. The summed E-state index contributed by atoms with van der Waals surface area (Å²) < 4.78 is 23.2. The monoisotopic (exact) mass is 436 g/mol. The maximum atomic E-state index is 12.0. The van der Waals surface area contributed by atoms with Crippen molar-refractivity contribution in [1.82, 2.24) is 19.4 Å². The lowest BCUT2D eigenvalue weighted by atomic mass is 10.1. The van der Waals surface area contributed by atoms with E-state index in [0.29, 0.717) is 31.6 Å². The van der Waals surface area contributed by atoms with Gasteiger partial charge < -0.3 is 9.88 Å². The molecular weight excluding hydrogens is 412 g/mol. The maximum Gasteiger partial charge on any atom is 0.248 e. The second-order valence-corrected chi connectivity index (χ2v) is 8.54. The van der Waals surface area contributed by atoms with Crippen molar-refractivity contribution in [2.24, 2.45) is 0 Å². The van der Waals surface area contributed by atoms with Crippen LogP contribution in [-0.2, 0) is 30.8 Å². The molecule has 0 saturated heterocycles. The molecule has 3 aromatic rings. The molecule has 160 valence electrons. The van der Waals surface area contributed by atoms with Gasteiger partial charge in [0.2, 0.25) is 11.3 Å². The SMILES string of the molecule is CN(N1Cc2cc(C#N)ccc2N(Cc2cnc[nH]2)C[C@H]1Cc1ccccc1)S(=O)O. The van der Waals surface area contributed by atoms with E-state index in [4.69, 9.17) is 0 Å². The van der Waals surface area contributed by atoms with E-state index in [1.54, 1.807) is 19.6 Å². The molecule has 0 aliphatic carbocycles. The summed E-state index contributed by atoms with van der Waals surface area (Å²) in [5.41, 5.74) is 4.63. The van der Waals surface area contributed by atoms with E-state index in [1.165, 1.54) is 4.41 Å². The van der Waals surface area contributed by atoms with Crippen LogP contribution in [0.2, 0.25) is 0 Å². The molecule has 2 N–H and O–H groups in total. The Hall–Kier alpha value is -3.03. The average Bonchev–Trinajstić information content (AvgIpc) is 3.24. The number of imidazole rings is 1.